The quantitative estimate of drug-likeness (QED) is 0.665. The Morgan fingerprint density at radius 3 is 2.28 bits per heavy atom. The molecule has 3 aromatic rings. The minimum Gasteiger partial charge on any atom is -0.359 e. The first-order valence-electron chi connectivity index (χ1n) is 9.81. The third-order valence-electron chi connectivity index (χ3n) is 4.90. The van der Waals surface area contributed by atoms with Gasteiger partial charge in [0.15, 0.2) is 0 Å². The van der Waals surface area contributed by atoms with Crippen LogP contribution >= 0.6 is 0 Å². The van der Waals surface area contributed by atoms with Gasteiger partial charge in [0.2, 0.25) is 0 Å². The molecule has 0 aliphatic carbocycles. The SMILES string of the molecule is CN(CCc1ccncc1)c1ccc(NC(=O)c2ccc(C(C)(C)C)cc2)cn1. The number of hydrogen-bond acceptors (Lipinski definition) is 4. The maximum atomic E-state index is 12.5. The number of carbonyl (C=O) groups is 1. The lowest BCUT2D eigenvalue weighted by atomic mass is 9.87. The number of hydrogen-bond donors (Lipinski definition) is 1. The Morgan fingerprint density at radius 1 is 1.00 bits per heavy atom. The minimum atomic E-state index is -0.133. The van der Waals surface area contributed by atoms with E-state index in [1.165, 1.54) is 11.1 Å². The summed E-state index contributed by atoms with van der Waals surface area (Å²) >= 11 is 0. The zero-order valence-electron chi connectivity index (χ0n) is 17.5. The molecule has 2 aromatic heterocycles. The van der Waals surface area contributed by atoms with Gasteiger partial charge in [-0.05, 0) is 59.4 Å². The lowest BCUT2D eigenvalue weighted by molar-refractivity contribution is 0.102. The molecule has 0 unspecified atom stereocenters. The molecule has 0 aliphatic heterocycles. The number of rotatable bonds is 6. The van der Waals surface area contributed by atoms with Crippen LogP contribution < -0.4 is 10.2 Å². The van der Waals surface area contributed by atoms with E-state index >= 15 is 0 Å². The van der Waals surface area contributed by atoms with Gasteiger partial charge in [-0.1, -0.05) is 32.9 Å². The summed E-state index contributed by atoms with van der Waals surface area (Å²) in [7, 11) is 2.01. The maximum Gasteiger partial charge on any atom is 0.255 e. The lowest BCUT2D eigenvalue weighted by Gasteiger charge is -2.19. The largest absolute Gasteiger partial charge is 0.359 e. The lowest BCUT2D eigenvalue weighted by Crippen LogP contribution is -2.21. The Balaban J connectivity index is 1.57. The Hall–Kier alpha value is -3.21. The zero-order chi connectivity index (χ0) is 20.9. The number of amides is 1. The van der Waals surface area contributed by atoms with E-state index in [0.717, 1.165) is 18.8 Å². The molecule has 1 amide bonds. The third-order valence-corrected chi connectivity index (χ3v) is 4.90. The fraction of sp³-hybridized carbons (Fsp3) is 0.292. The van der Waals surface area contributed by atoms with Crippen LogP contribution in [0.3, 0.4) is 0 Å². The van der Waals surface area contributed by atoms with Crippen LogP contribution in [0.2, 0.25) is 0 Å². The van der Waals surface area contributed by atoms with Crippen LogP contribution in [0, 0.1) is 0 Å². The molecule has 2 heterocycles. The second kappa shape index (κ2) is 8.86. The van der Waals surface area contributed by atoms with Crippen LogP contribution in [0.4, 0.5) is 11.5 Å². The molecule has 0 saturated heterocycles. The molecule has 0 spiro atoms. The van der Waals surface area contributed by atoms with Gasteiger partial charge in [0, 0.05) is 31.5 Å². The Labute approximate surface area is 172 Å². The van der Waals surface area contributed by atoms with Crippen molar-refractivity contribution in [1.82, 2.24) is 9.97 Å². The number of aromatic nitrogens is 2. The van der Waals surface area contributed by atoms with Crippen molar-refractivity contribution in [2.24, 2.45) is 0 Å². The molecule has 0 bridgehead atoms. The first-order chi connectivity index (χ1) is 13.8. The van der Waals surface area contributed by atoms with Gasteiger partial charge in [-0.15, -0.1) is 0 Å². The van der Waals surface area contributed by atoms with E-state index in [2.05, 4.69) is 41.0 Å². The highest BCUT2D eigenvalue weighted by Gasteiger charge is 2.14. The fourth-order valence-corrected chi connectivity index (χ4v) is 2.97. The molecule has 5 nitrogen and oxygen atoms in total. The maximum absolute atomic E-state index is 12.5. The van der Waals surface area contributed by atoms with Gasteiger partial charge in [0.1, 0.15) is 5.82 Å². The summed E-state index contributed by atoms with van der Waals surface area (Å²) in [6.45, 7) is 7.32. The molecular weight excluding hydrogens is 360 g/mol. The predicted octanol–water partition coefficient (Wildman–Crippen LogP) is 4.71. The summed E-state index contributed by atoms with van der Waals surface area (Å²) in [6, 6.07) is 15.6. The van der Waals surface area contributed by atoms with Crippen molar-refractivity contribution < 1.29 is 4.79 Å². The van der Waals surface area contributed by atoms with Gasteiger partial charge in [0.25, 0.3) is 5.91 Å². The molecule has 5 heteroatoms. The Bertz CT molecular complexity index is 929. The van der Waals surface area contributed by atoms with Crippen molar-refractivity contribution in [3.05, 3.63) is 83.8 Å². The molecular formula is C24H28N4O. The molecule has 3 rings (SSSR count). The molecule has 150 valence electrons. The highest BCUT2D eigenvalue weighted by molar-refractivity contribution is 6.04. The van der Waals surface area contributed by atoms with Gasteiger partial charge in [-0.25, -0.2) is 4.98 Å². The van der Waals surface area contributed by atoms with Crippen molar-refractivity contribution in [3.63, 3.8) is 0 Å². The summed E-state index contributed by atoms with van der Waals surface area (Å²) in [6.07, 6.45) is 6.23. The second-order valence-electron chi connectivity index (χ2n) is 8.21. The molecule has 1 aromatic carbocycles. The molecule has 0 saturated carbocycles. The number of anilines is 2. The zero-order valence-corrected chi connectivity index (χ0v) is 17.5. The normalized spacial score (nSPS) is 11.2. The van der Waals surface area contributed by atoms with Crippen LogP contribution in [0.25, 0.3) is 0 Å². The van der Waals surface area contributed by atoms with Crippen molar-refractivity contribution >= 4 is 17.4 Å². The van der Waals surface area contributed by atoms with E-state index < -0.39 is 0 Å². The number of benzene rings is 1. The van der Waals surface area contributed by atoms with E-state index in [0.29, 0.717) is 11.3 Å². The molecule has 1 N–H and O–H groups in total. The summed E-state index contributed by atoms with van der Waals surface area (Å²) in [5.74, 6) is 0.734. The predicted molar refractivity (Wildman–Crippen MR) is 119 cm³/mol. The topological polar surface area (TPSA) is 58.1 Å². The summed E-state index contributed by atoms with van der Waals surface area (Å²) < 4.78 is 0. The van der Waals surface area contributed by atoms with Gasteiger partial charge in [0.05, 0.1) is 11.9 Å². The van der Waals surface area contributed by atoms with Crippen LogP contribution in [-0.4, -0.2) is 29.5 Å². The van der Waals surface area contributed by atoms with Crippen LogP contribution in [0.15, 0.2) is 67.1 Å². The minimum absolute atomic E-state index is 0.0676. The Morgan fingerprint density at radius 2 is 1.69 bits per heavy atom. The third kappa shape index (κ3) is 5.64. The van der Waals surface area contributed by atoms with Crippen LogP contribution in [0.1, 0.15) is 42.3 Å². The second-order valence-corrected chi connectivity index (χ2v) is 8.21. The van der Waals surface area contributed by atoms with Crippen molar-refractivity contribution in [2.45, 2.75) is 32.6 Å². The van der Waals surface area contributed by atoms with E-state index in [1.807, 2.05) is 68.0 Å². The highest BCUT2D eigenvalue weighted by Crippen LogP contribution is 2.22. The van der Waals surface area contributed by atoms with Crippen molar-refractivity contribution in [1.29, 1.82) is 0 Å². The standard InChI is InChI=1S/C24H28N4O/c1-24(2,3)20-7-5-19(6-8-20)23(29)27-21-9-10-22(26-17-21)28(4)16-13-18-11-14-25-15-12-18/h5-12,14-15,17H,13,16H2,1-4H3,(H,27,29). The van der Waals surface area contributed by atoms with Crippen molar-refractivity contribution in [2.75, 3.05) is 23.8 Å². The number of carbonyl (C=O) groups excluding carboxylic acids is 1. The van der Waals surface area contributed by atoms with E-state index in [4.69, 9.17) is 0 Å². The van der Waals surface area contributed by atoms with Gasteiger partial charge < -0.3 is 10.2 Å². The molecule has 29 heavy (non-hydrogen) atoms. The van der Waals surface area contributed by atoms with E-state index in [1.54, 1.807) is 6.20 Å². The van der Waals surface area contributed by atoms with E-state index in [9.17, 15) is 4.79 Å². The van der Waals surface area contributed by atoms with E-state index in [-0.39, 0.29) is 11.3 Å². The molecule has 0 radical (unpaired) electrons. The monoisotopic (exact) mass is 388 g/mol. The number of nitrogens with one attached hydrogen (secondary N) is 1. The number of pyridine rings is 2. The summed E-state index contributed by atoms with van der Waals surface area (Å²) in [5.41, 5.74) is 3.83. The molecule has 0 atom stereocenters. The van der Waals surface area contributed by atoms with Gasteiger partial charge in [-0.3, -0.25) is 9.78 Å². The molecule has 0 fully saturated rings. The number of likely N-dealkylation sites (N-methyl/N-ethyl adjacent to an activating group) is 1. The van der Waals surface area contributed by atoms with Gasteiger partial charge in [-0.2, -0.15) is 0 Å². The van der Waals surface area contributed by atoms with Crippen LogP contribution in [0.5, 0.6) is 0 Å². The van der Waals surface area contributed by atoms with Gasteiger partial charge >= 0.3 is 0 Å². The highest BCUT2D eigenvalue weighted by atomic mass is 16.1. The summed E-state index contributed by atoms with van der Waals surface area (Å²) in [4.78, 5) is 23.1. The Kier molecular flexibility index (Phi) is 6.27. The smallest absolute Gasteiger partial charge is 0.255 e. The number of nitrogens with zero attached hydrogens (tertiary/aromatic N) is 3. The van der Waals surface area contributed by atoms with Crippen LogP contribution in [-0.2, 0) is 11.8 Å². The summed E-state index contributed by atoms with van der Waals surface area (Å²) in [5, 5.41) is 2.91. The fourth-order valence-electron chi connectivity index (χ4n) is 2.97. The average Bonchev–Trinajstić information content (AvgIpc) is 2.73. The molecule has 0 aliphatic rings. The first-order valence-corrected chi connectivity index (χ1v) is 9.81. The van der Waals surface area contributed by atoms with Crippen molar-refractivity contribution in [3.8, 4) is 0 Å². The average molecular weight is 389 g/mol. The first kappa shape index (κ1) is 20.5.